The molecule has 2 rings (SSSR count). The van der Waals surface area contributed by atoms with Gasteiger partial charge in [-0.1, -0.05) is 35.8 Å². The summed E-state index contributed by atoms with van der Waals surface area (Å²) in [5.74, 6) is 1.68. The molecule has 0 saturated carbocycles. The predicted octanol–water partition coefficient (Wildman–Crippen LogP) is 3.76. The molecule has 0 aliphatic carbocycles. The van der Waals surface area contributed by atoms with E-state index in [0.29, 0.717) is 12.3 Å². The largest absolute Gasteiger partial charge is 0.441 e. The lowest BCUT2D eigenvalue weighted by atomic mass is 10.1. The van der Waals surface area contributed by atoms with E-state index in [1.54, 1.807) is 0 Å². The van der Waals surface area contributed by atoms with Crippen molar-refractivity contribution in [1.82, 2.24) is 4.98 Å². The number of halogens is 1. The standard InChI is InChI=1S/C14H16BrNO2/c1-9(2)13-12(6-7-17)18-14(16-13)10-4-3-5-11(15)8-10/h3-5,8-9,17H,6-7H2,1-2H3. The summed E-state index contributed by atoms with van der Waals surface area (Å²) in [6, 6.07) is 7.84. The van der Waals surface area contributed by atoms with Crippen molar-refractivity contribution >= 4 is 15.9 Å². The quantitative estimate of drug-likeness (QED) is 0.935. The Morgan fingerprint density at radius 1 is 1.39 bits per heavy atom. The van der Waals surface area contributed by atoms with Gasteiger partial charge in [-0.15, -0.1) is 0 Å². The van der Waals surface area contributed by atoms with Gasteiger partial charge in [-0.05, 0) is 24.1 Å². The molecule has 3 nitrogen and oxygen atoms in total. The van der Waals surface area contributed by atoms with Crippen LogP contribution in [-0.2, 0) is 6.42 Å². The Morgan fingerprint density at radius 3 is 2.78 bits per heavy atom. The van der Waals surface area contributed by atoms with Gasteiger partial charge in [0.15, 0.2) is 0 Å². The van der Waals surface area contributed by atoms with Gasteiger partial charge in [-0.2, -0.15) is 0 Å². The molecule has 0 fully saturated rings. The zero-order valence-corrected chi connectivity index (χ0v) is 12.1. The van der Waals surface area contributed by atoms with E-state index in [2.05, 4.69) is 34.8 Å². The second-order valence-corrected chi connectivity index (χ2v) is 5.38. The SMILES string of the molecule is CC(C)c1nc(-c2cccc(Br)c2)oc1CCO. The summed E-state index contributed by atoms with van der Waals surface area (Å²) in [5.41, 5.74) is 1.87. The molecule has 0 bridgehead atoms. The van der Waals surface area contributed by atoms with Crippen molar-refractivity contribution in [3.05, 3.63) is 40.2 Å². The first-order valence-corrected chi connectivity index (χ1v) is 6.77. The Morgan fingerprint density at radius 2 is 2.17 bits per heavy atom. The number of nitrogens with zero attached hydrogens (tertiary/aromatic N) is 1. The van der Waals surface area contributed by atoms with Crippen LogP contribution in [0.25, 0.3) is 11.5 Å². The number of hydrogen-bond acceptors (Lipinski definition) is 3. The van der Waals surface area contributed by atoms with Gasteiger partial charge in [0.2, 0.25) is 5.89 Å². The Hall–Kier alpha value is -1.13. The molecule has 1 aromatic heterocycles. The van der Waals surface area contributed by atoms with Gasteiger partial charge in [0, 0.05) is 16.5 Å². The fourth-order valence-electron chi connectivity index (χ4n) is 1.84. The number of benzene rings is 1. The van der Waals surface area contributed by atoms with E-state index in [-0.39, 0.29) is 12.5 Å². The molecular formula is C14H16BrNO2. The van der Waals surface area contributed by atoms with Crippen molar-refractivity contribution in [2.75, 3.05) is 6.61 Å². The highest BCUT2D eigenvalue weighted by molar-refractivity contribution is 9.10. The van der Waals surface area contributed by atoms with E-state index in [4.69, 9.17) is 9.52 Å². The lowest BCUT2D eigenvalue weighted by Gasteiger charge is -2.00. The van der Waals surface area contributed by atoms with E-state index in [1.807, 2.05) is 24.3 Å². The number of oxazole rings is 1. The molecule has 0 aliphatic rings. The van der Waals surface area contributed by atoms with Crippen LogP contribution in [0.1, 0.15) is 31.2 Å². The van der Waals surface area contributed by atoms with Crippen LogP contribution < -0.4 is 0 Å². The van der Waals surface area contributed by atoms with Crippen LogP contribution in [0.4, 0.5) is 0 Å². The van der Waals surface area contributed by atoms with Gasteiger partial charge in [-0.25, -0.2) is 4.98 Å². The molecule has 0 aliphatic heterocycles. The number of hydrogen-bond donors (Lipinski definition) is 1. The van der Waals surface area contributed by atoms with Crippen LogP contribution in [0.3, 0.4) is 0 Å². The van der Waals surface area contributed by atoms with Crippen molar-refractivity contribution < 1.29 is 9.52 Å². The van der Waals surface area contributed by atoms with Crippen LogP contribution in [-0.4, -0.2) is 16.7 Å². The summed E-state index contributed by atoms with van der Waals surface area (Å²) in [7, 11) is 0. The third-order valence-corrected chi connectivity index (χ3v) is 3.18. The van der Waals surface area contributed by atoms with Crippen molar-refractivity contribution in [1.29, 1.82) is 0 Å². The lowest BCUT2D eigenvalue weighted by molar-refractivity contribution is 0.287. The van der Waals surface area contributed by atoms with Gasteiger partial charge in [0.1, 0.15) is 5.76 Å². The van der Waals surface area contributed by atoms with E-state index >= 15 is 0 Å². The molecule has 1 aromatic carbocycles. The van der Waals surface area contributed by atoms with E-state index in [0.717, 1.165) is 21.5 Å². The van der Waals surface area contributed by atoms with Gasteiger partial charge >= 0.3 is 0 Å². The van der Waals surface area contributed by atoms with Crippen molar-refractivity contribution in [3.63, 3.8) is 0 Å². The number of aromatic nitrogens is 1. The minimum Gasteiger partial charge on any atom is -0.441 e. The molecule has 0 radical (unpaired) electrons. The first kappa shape index (κ1) is 13.3. The molecule has 1 N–H and O–H groups in total. The smallest absolute Gasteiger partial charge is 0.226 e. The highest BCUT2D eigenvalue weighted by Crippen LogP contribution is 2.28. The van der Waals surface area contributed by atoms with Gasteiger partial charge in [-0.3, -0.25) is 0 Å². The van der Waals surface area contributed by atoms with E-state index in [9.17, 15) is 0 Å². The molecule has 0 atom stereocenters. The lowest BCUT2D eigenvalue weighted by Crippen LogP contribution is -1.96. The zero-order valence-electron chi connectivity index (χ0n) is 10.5. The third kappa shape index (κ3) is 2.82. The molecular weight excluding hydrogens is 294 g/mol. The highest BCUT2D eigenvalue weighted by atomic mass is 79.9. The summed E-state index contributed by atoms with van der Waals surface area (Å²) in [4.78, 5) is 4.54. The first-order chi connectivity index (χ1) is 8.61. The van der Waals surface area contributed by atoms with Crippen LogP contribution in [0.5, 0.6) is 0 Å². The first-order valence-electron chi connectivity index (χ1n) is 5.98. The van der Waals surface area contributed by atoms with Crippen molar-refractivity contribution in [3.8, 4) is 11.5 Å². The minimum absolute atomic E-state index is 0.0762. The number of aliphatic hydroxyl groups is 1. The molecule has 0 amide bonds. The average Bonchev–Trinajstić information content (AvgIpc) is 2.74. The molecule has 0 saturated heterocycles. The maximum Gasteiger partial charge on any atom is 0.226 e. The Bertz CT molecular complexity index is 534. The fourth-order valence-corrected chi connectivity index (χ4v) is 2.24. The topological polar surface area (TPSA) is 46.3 Å². The molecule has 18 heavy (non-hydrogen) atoms. The average molecular weight is 310 g/mol. The molecule has 1 heterocycles. The Labute approximate surface area is 115 Å². The third-order valence-electron chi connectivity index (χ3n) is 2.68. The Kier molecular flexibility index (Phi) is 4.19. The summed E-state index contributed by atoms with van der Waals surface area (Å²) in [5, 5.41) is 9.05. The minimum atomic E-state index is 0.0762. The Balaban J connectivity index is 2.43. The van der Waals surface area contributed by atoms with E-state index in [1.165, 1.54) is 0 Å². The van der Waals surface area contributed by atoms with E-state index < -0.39 is 0 Å². The van der Waals surface area contributed by atoms with Gasteiger partial charge in [0.25, 0.3) is 0 Å². The molecule has 4 heteroatoms. The van der Waals surface area contributed by atoms with Crippen LogP contribution in [0.2, 0.25) is 0 Å². The van der Waals surface area contributed by atoms with Crippen molar-refractivity contribution in [2.45, 2.75) is 26.2 Å². The van der Waals surface area contributed by atoms with Crippen molar-refractivity contribution in [2.24, 2.45) is 0 Å². The molecule has 0 unspecified atom stereocenters. The van der Waals surface area contributed by atoms with Gasteiger partial charge in [0.05, 0.1) is 12.3 Å². The maximum absolute atomic E-state index is 9.05. The van der Waals surface area contributed by atoms with Crippen LogP contribution in [0.15, 0.2) is 33.2 Å². The predicted molar refractivity (Wildman–Crippen MR) is 74.5 cm³/mol. The fraction of sp³-hybridized carbons (Fsp3) is 0.357. The van der Waals surface area contributed by atoms with Crippen LogP contribution in [0, 0.1) is 0 Å². The normalized spacial score (nSPS) is 11.2. The monoisotopic (exact) mass is 309 g/mol. The summed E-state index contributed by atoms with van der Waals surface area (Å²) < 4.78 is 6.76. The number of aliphatic hydroxyl groups excluding tert-OH is 1. The number of rotatable bonds is 4. The van der Waals surface area contributed by atoms with Crippen LogP contribution >= 0.6 is 15.9 Å². The summed E-state index contributed by atoms with van der Waals surface area (Å²) in [6.45, 7) is 4.22. The second kappa shape index (κ2) is 5.67. The maximum atomic E-state index is 9.05. The summed E-state index contributed by atoms with van der Waals surface area (Å²) in [6.07, 6.45) is 0.508. The zero-order chi connectivity index (χ0) is 13.1. The molecule has 0 spiro atoms. The molecule has 2 aromatic rings. The molecule has 96 valence electrons. The highest BCUT2D eigenvalue weighted by Gasteiger charge is 2.16. The summed E-state index contributed by atoms with van der Waals surface area (Å²) >= 11 is 3.43. The van der Waals surface area contributed by atoms with Gasteiger partial charge < -0.3 is 9.52 Å². The second-order valence-electron chi connectivity index (χ2n) is 4.47.